The Morgan fingerprint density at radius 1 is 0.483 bits per heavy atom. The molecule has 6 aromatic rings. The van der Waals surface area contributed by atoms with Crippen molar-refractivity contribution in [2.45, 2.75) is 39.0 Å². The van der Waals surface area contributed by atoms with Gasteiger partial charge in [0.25, 0.3) is 0 Å². The number of likely N-dealkylation sites (N-methyl/N-ethyl adjacent to an activating group) is 2. The number of hydrogen-bond acceptors (Lipinski definition) is 8. The van der Waals surface area contributed by atoms with Gasteiger partial charge < -0.3 is 39.3 Å². The van der Waals surface area contributed by atoms with Crippen LogP contribution in [0.15, 0.2) is 158 Å². The molecule has 308 valence electrons. The van der Waals surface area contributed by atoms with Crippen LogP contribution in [0, 0.1) is 0 Å². The molecule has 0 unspecified atom stereocenters. The van der Waals surface area contributed by atoms with E-state index in [0.29, 0.717) is 40.7 Å². The molecule has 0 bridgehead atoms. The Morgan fingerprint density at radius 3 is 1.25 bits per heavy atom. The zero-order chi connectivity index (χ0) is 41.6. The van der Waals surface area contributed by atoms with E-state index in [4.69, 9.17) is 23.4 Å². The zero-order valence-corrected chi connectivity index (χ0v) is 35.4. The molecule has 0 radical (unpaired) electrons. The van der Waals surface area contributed by atoms with Crippen molar-refractivity contribution in [1.29, 1.82) is 0 Å². The molecule has 3 N–H and O–H groups in total. The van der Waals surface area contributed by atoms with Crippen LogP contribution in [0.25, 0.3) is 0 Å². The van der Waals surface area contributed by atoms with E-state index in [9.17, 15) is 0 Å². The molecule has 0 saturated carbocycles. The van der Waals surface area contributed by atoms with E-state index < -0.39 is 0 Å². The summed E-state index contributed by atoms with van der Waals surface area (Å²) in [6, 6.07) is 54.8. The van der Waals surface area contributed by atoms with Crippen molar-refractivity contribution in [2.24, 2.45) is 0 Å². The van der Waals surface area contributed by atoms with E-state index in [1.54, 1.807) is 0 Å². The predicted molar refractivity (Wildman–Crippen MR) is 250 cm³/mol. The smallest absolute Gasteiger partial charge is 0.361 e. The fourth-order valence-electron chi connectivity index (χ4n) is 7.00. The van der Waals surface area contributed by atoms with Gasteiger partial charge in [0.1, 0.15) is 24.7 Å². The molecule has 8 nitrogen and oxygen atoms in total. The first-order valence-electron chi connectivity index (χ1n) is 21.2. The molecule has 0 spiro atoms. The number of ether oxygens (including phenoxy) is 2. The van der Waals surface area contributed by atoms with Gasteiger partial charge in [-0.3, -0.25) is 0 Å². The molecule has 0 saturated heterocycles. The van der Waals surface area contributed by atoms with E-state index in [2.05, 4.69) is 161 Å². The van der Waals surface area contributed by atoms with Gasteiger partial charge in [-0.2, -0.15) is 0 Å². The van der Waals surface area contributed by atoms with E-state index in [-0.39, 0.29) is 19.9 Å². The van der Waals surface area contributed by atoms with Gasteiger partial charge in [-0.15, -0.1) is 0 Å². The third kappa shape index (κ3) is 14.3. The highest BCUT2D eigenvalue weighted by atomic mass is 16.5. The van der Waals surface area contributed by atoms with Crippen molar-refractivity contribution < 1.29 is 23.4 Å². The Labute approximate surface area is 358 Å². The number of benzene rings is 6. The summed E-state index contributed by atoms with van der Waals surface area (Å²) in [5.41, 5.74) is 9.22. The highest BCUT2D eigenvalue weighted by Gasteiger charge is 2.22. The Bertz CT molecular complexity index is 1920. The molecule has 0 aliphatic carbocycles. The molecule has 0 amide bonds. The topological polar surface area (TPSA) is 82.2 Å². The van der Waals surface area contributed by atoms with Crippen molar-refractivity contribution >= 4 is 43.3 Å². The van der Waals surface area contributed by atoms with Crippen LogP contribution in [-0.2, 0) is 40.0 Å². The second-order valence-corrected chi connectivity index (χ2v) is 14.8. The molecule has 0 fully saturated rings. The van der Waals surface area contributed by atoms with E-state index in [0.717, 1.165) is 70.4 Å². The van der Waals surface area contributed by atoms with Gasteiger partial charge in [-0.05, 0) is 102 Å². The van der Waals surface area contributed by atoms with Crippen molar-refractivity contribution in [3.8, 4) is 11.5 Å². The summed E-state index contributed by atoms with van der Waals surface area (Å²) in [5.74, 6) is 1.69. The fraction of sp³-hybridized carbons (Fsp3) is 0.265. The fourth-order valence-corrected chi connectivity index (χ4v) is 7.00. The Kier molecular flexibility index (Phi) is 18.4. The Morgan fingerprint density at radius 2 is 0.867 bits per heavy atom. The summed E-state index contributed by atoms with van der Waals surface area (Å²) in [6.45, 7) is 6.29. The molecule has 0 aromatic heterocycles. The number of nitrogens with one attached hydrogen (secondary N) is 3. The summed E-state index contributed by atoms with van der Waals surface area (Å²) >= 11 is 0. The molecule has 0 aliphatic heterocycles. The average Bonchev–Trinajstić information content (AvgIpc) is 3.30. The lowest BCUT2D eigenvalue weighted by molar-refractivity contribution is 0.306. The second-order valence-electron chi connectivity index (χ2n) is 14.8. The first-order valence-corrected chi connectivity index (χ1v) is 21.2. The molecule has 6 aromatic carbocycles. The maximum absolute atomic E-state index is 6.26. The van der Waals surface area contributed by atoms with Crippen LogP contribution in [0.5, 0.6) is 11.5 Å². The van der Waals surface area contributed by atoms with Crippen LogP contribution in [-0.4, -0.2) is 74.5 Å². The standard InChI is InChI=1S/C49H58B3N3O5/c1-4-58-50-55-47(35-39-19-27-48(28-20-39)56-37-41-15-23-45(24-16-41)51(59-33-31-53-2)43-11-7-5-8-12-43)36-40-21-29-49(30-22-40)57-38-42-17-25-46(26-18-42)52(60-34-32-54-3)44-13-9-6-10-14-44/h5-30,47,50,53-55H,4,31-38H2,1-3H3. The highest BCUT2D eigenvalue weighted by Crippen LogP contribution is 2.19. The highest BCUT2D eigenvalue weighted by molar-refractivity contribution is 6.80. The average molecular weight is 801 g/mol. The van der Waals surface area contributed by atoms with Gasteiger partial charge in [0.05, 0.1) is 0 Å². The molecular formula is C49H58B3N3O5. The minimum Gasteiger partial charge on any atom is -0.489 e. The summed E-state index contributed by atoms with van der Waals surface area (Å²) < 4.78 is 30.6. The Hall–Kier alpha value is -5.13. The minimum atomic E-state index is -0.114. The SMILES string of the molecule is CCOBNC(Cc1ccc(OCc2ccc(B(OCCNC)c3ccccc3)cc2)cc1)Cc1ccc(OCc2ccc(B(OCCNC)c3ccccc3)cc2)cc1. The number of hydrogen-bond donors (Lipinski definition) is 3. The monoisotopic (exact) mass is 801 g/mol. The molecule has 0 atom stereocenters. The van der Waals surface area contributed by atoms with Crippen molar-refractivity contribution in [3.05, 3.63) is 180 Å². The molecule has 0 aliphatic rings. The van der Waals surface area contributed by atoms with Crippen molar-refractivity contribution in [1.82, 2.24) is 15.9 Å². The van der Waals surface area contributed by atoms with Crippen molar-refractivity contribution in [2.75, 3.05) is 47.0 Å². The third-order valence-corrected chi connectivity index (χ3v) is 10.3. The first kappa shape index (κ1) is 44.4. The van der Waals surface area contributed by atoms with Crippen LogP contribution >= 0.6 is 0 Å². The quantitative estimate of drug-likeness (QED) is 0.0545. The van der Waals surface area contributed by atoms with Gasteiger partial charge in [0.2, 0.25) is 0 Å². The van der Waals surface area contributed by atoms with Gasteiger partial charge in [-0.1, -0.05) is 133 Å². The summed E-state index contributed by atoms with van der Waals surface area (Å²) in [5, 5.41) is 9.93. The van der Waals surface area contributed by atoms with Crippen LogP contribution in [0.3, 0.4) is 0 Å². The lowest BCUT2D eigenvalue weighted by atomic mass is 9.55. The van der Waals surface area contributed by atoms with Crippen LogP contribution in [0.1, 0.15) is 29.2 Å². The molecule has 6 rings (SSSR count). The lowest BCUT2D eigenvalue weighted by Crippen LogP contribution is -2.45. The third-order valence-electron chi connectivity index (χ3n) is 10.3. The van der Waals surface area contributed by atoms with Gasteiger partial charge in [0, 0.05) is 39.0 Å². The van der Waals surface area contributed by atoms with E-state index in [1.165, 1.54) is 11.1 Å². The van der Waals surface area contributed by atoms with E-state index in [1.807, 2.05) is 33.2 Å². The molecule has 60 heavy (non-hydrogen) atoms. The van der Waals surface area contributed by atoms with Crippen LogP contribution in [0.4, 0.5) is 0 Å². The summed E-state index contributed by atoms with van der Waals surface area (Å²) in [7, 11) is 4.38. The number of rotatable bonds is 26. The van der Waals surface area contributed by atoms with E-state index >= 15 is 0 Å². The molecule has 11 heteroatoms. The van der Waals surface area contributed by atoms with Gasteiger partial charge in [0.15, 0.2) is 0 Å². The minimum absolute atomic E-state index is 0.114. The summed E-state index contributed by atoms with van der Waals surface area (Å²) in [4.78, 5) is 0. The maximum Gasteiger partial charge on any atom is 0.361 e. The second kappa shape index (κ2) is 24.8. The molecule has 0 heterocycles. The van der Waals surface area contributed by atoms with Gasteiger partial charge >= 0.3 is 21.4 Å². The van der Waals surface area contributed by atoms with Crippen LogP contribution in [0.2, 0.25) is 0 Å². The predicted octanol–water partition coefficient (Wildman–Crippen LogP) is 4.57. The first-order chi connectivity index (χ1) is 29.6. The zero-order valence-electron chi connectivity index (χ0n) is 35.4. The molecular weight excluding hydrogens is 743 g/mol. The van der Waals surface area contributed by atoms with Crippen molar-refractivity contribution in [3.63, 3.8) is 0 Å². The normalized spacial score (nSPS) is 11.1. The maximum atomic E-state index is 6.26. The summed E-state index contributed by atoms with van der Waals surface area (Å²) in [6.07, 6.45) is 1.71. The Balaban J connectivity index is 0.990. The van der Waals surface area contributed by atoms with Crippen LogP contribution < -0.4 is 47.2 Å². The largest absolute Gasteiger partial charge is 0.489 e. The lowest BCUT2D eigenvalue weighted by Gasteiger charge is -2.19. The van der Waals surface area contributed by atoms with Gasteiger partial charge in [-0.25, -0.2) is 0 Å².